The van der Waals surface area contributed by atoms with E-state index >= 15 is 0 Å². The van der Waals surface area contributed by atoms with E-state index in [1.807, 2.05) is 0 Å². The van der Waals surface area contributed by atoms with Gasteiger partial charge < -0.3 is 19.3 Å². The number of benzene rings is 2. The number of methoxy groups -OCH3 is 1. The highest BCUT2D eigenvalue weighted by atomic mass is 16.5. The molecule has 1 aromatic heterocycles. The van der Waals surface area contributed by atoms with Gasteiger partial charge in [0.05, 0.1) is 18.7 Å². The third-order valence-electron chi connectivity index (χ3n) is 4.37. The van der Waals surface area contributed by atoms with Gasteiger partial charge in [-0.3, -0.25) is 4.79 Å². The van der Waals surface area contributed by atoms with Gasteiger partial charge in [0.25, 0.3) is 5.91 Å². The van der Waals surface area contributed by atoms with E-state index in [-0.39, 0.29) is 11.6 Å². The molecule has 7 heteroatoms. The van der Waals surface area contributed by atoms with Crippen LogP contribution in [0.15, 0.2) is 53.1 Å². The second kappa shape index (κ2) is 7.45. The lowest BCUT2D eigenvalue weighted by atomic mass is 10.2. The third-order valence-corrected chi connectivity index (χ3v) is 4.37. The van der Waals surface area contributed by atoms with E-state index in [0.717, 1.165) is 18.6 Å². The summed E-state index contributed by atoms with van der Waals surface area (Å²) in [4.78, 5) is 12.3. The fourth-order valence-electron chi connectivity index (χ4n) is 2.71. The van der Waals surface area contributed by atoms with E-state index in [1.54, 1.807) is 48.5 Å². The summed E-state index contributed by atoms with van der Waals surface area (Å²) in [6.45, 7) is 0. The van der Waals surface area contributed by atoms with Gasteiger partial charge in [-0.2, -0.15) is 5.26 Å². The van der Waals surface area contributed by atoms with Crippen molar-refractivity contribution < 1.29 is 18.8 Å². The Labute approximate surface area is 161 Å². The lowest BCUT2D eigenvalue weighted by Crippen LogP contribution is -2.12. The van der Waals surface area contributed by atoms with Gasteiger partial charge >= 0.3 is 0 Å². The number of anilines is 1. The number of carbonyl (C=O) groups excluding carboxylic acids is 1. The largest absolute Gasteiger partial charge is 0.493 e. The Bertz CT molecular complexity index is 1050. The molecule has 0 atom stereocenters. The van der Waals surface area contributed by atoms with E-state index in [0.29, 0.717) is 34.4 Å². The maximum atomic E-state index is 12.3. The molecule has 1 heterocycles. The molecule has 1 saturated carbocycles. The van der Waals surface area contributed by atoms with Gasteiger partial charge in [0, 0.05) is 23.7 Å². The Morgan fingerprint density at radius 3 is 2.64 bits per heavy atom. The fraction of sp³-hybridized carbons (Fsp3) is 0.190. The second-order valence-electron chi connectivity index (χ2n) is 6.45. The Morgan fingerprint density at radius 2 is 1.96 bits per heavy atom. The van der Waals surface area contributed by atoms with Crippen molar-refractivity contribution in [2.24, 2.45) is 0 Å². The smallest absolute Gasteiger partial charge is 0.277 e. The molecule has 1 amide bonds. The molecule has 0 bridgehead atoms. The number of rotatable bonds is 6. The molecule has 7 nitrogen and oxygen atoms in total. The van der Waals surface area contributed by atoms with Crippen molar-refractivity contribution in [2.45, 2.75) is 18.8 Å². The van der Waals surface area contributed by atoms with Gasteiger partial charge in [-0.05, 0) is 49.2 Å². The summed E-state index contributed by atoms with van der Waals surface area (Å²) in [6, 6.07) is 15.6. The van der Waals surface area contributed by atoms with Crippen LogP contribution in [0.25, 0.3) is 0 Å². The number of hydrogen-bond donors (Lipinski definition) is 1. The zero-order valence-electron chi connectivity index (χ0n) is 15.1. The van der Waals surface area contributed by atoms with Crippen molar-refractivity contribution in [1.82, 2.24) is 5.16 Å². The first kappa shape index (κ1) is 17.6. The highest BCUT2D eigenvalue weighted by Gasteiger charge is 2.28. The molecule has 0 aliphatic heterocycles. The molecular weight excluding hydrogens is 358 g/mol. The van der Waals surface area contributed by atoms with Crippen LogP contribution in [0, 0.1) is 11.3 Å². The maximum absolute atomic E-state index is 12.3. The van der Waals surface area contributed by atoms with Gasteiger partial charge in [0.2, 0.25) is 0 Å². The number of carbonyl (C=O) groups is 1. The Morgan fingerprint density at radius 1 is 1.18 bits per heavy atom. The van der Waals surface area contributed by atoms with Crippen molar-refractivity contribution in [1.29, 1.82) is 5.26 Å². The minimum absolute atomic E-state index is 0.268. The SMILES string of the molecule is COc1cc(C#N)ccc1Oc1ccc(NC(=O)c2cc(C3CC3)on2)cc1. The number of hydrogen-bond acceptors (Lipinski definition) is 6. The summed E-state index contributed by atoms with van der Waals surface area (Å²) in [5.74, 6) is 2.38. The van der Waals surface area contributed by atoms with Gasteiger partial charge in [-0.25, -0.2) is 0 Å². The third kappa shape index (κ3) is 3.81. The molecule has 1 fully saturated rings. The van der Waals surface area contributed by atoms with Crippen LogP contribution >= 0.6 is 0 Å². The molecule has 3 aromatic rings. The van der Waals surface area contributed by atoms with Gasteiger partial charge in [0.15, 0.2) is 17.2 Å². The highest BCUT2D eigenvalue weighted by Crippen LogP contribution is 2.40. The van der Waals surface area contributed by atoms with Crippen molar-refractivity contribution >= 4 is 11.6 Å². The number of nitriles is 1. The van der Waals surface area contributed by atoms with Crippen LogP contribution in [0.2, 0.25) is 0 Å². The van der Waals surface area contributed by atoms with Crippen LogP contribution in [0.4, 0.5) is 5.69 Å². The molecule has 0 radical (unpaired) electrons. The molecule has 0 spiro atoms. The summed E-state index contributed by atoms with van der Waals surface area (Å²) in [5, 5.41) is 15.6. The average molecular weight is 375 g/mol. The molecule has 4 rings (SSSR count). The lowest BCUT2D eigenvalue weighted by molar-refractivity contribution is 0.101. The van der Waals surface area contributed by atoms with Crippen molar-refractivity contribution in [3.63, 3.8) is 0 Å². The molecule has 140 valence electrons. The van der Waals surface area contributed by atoms with E-state index in [1.165, 1.54) is 7.11 Å². The highest BCUT2D eigenvalue weighted by molar-refractivity contribution is 6.02. The van der Waals surface area contributed by atoms with E-state index in [2.05, 4.69) is 16.5 Å². The summed E-state index contributed by atoms with van der Waals surface area (Å²) >= 11 is 0. The molecule has 2 aromatic carbocycles. The number of aromatic nitrogens is 1. The topological polar surface area (TPSA) is 97.4 Å². The van der Waals surface area contributed by atoms with E-state index in [9.17, 15) is 4.79 Å². The summed E-state index contributed by atoms with van der Waals surface area (Å²) in [5.41, 5.74) is 1.37. The Hall–Kier alpha value is -3.79. The Kier molecular flexibility index (Phi) is 4.68. The summed E-state index contributed by atoms with van der Waals surface area (Å²) < 4.78 is 16.3. The van der Waals surface area contributed by atoms with E-state index < -0.39 is 0 Å². The van der Waals surface area contributed by atoms with Crippen LogP contribution < -0.4 is 14.8 Å². The number of amides is 1. The van der Waals surface area contributed by atoms with Crippen LogP contribution in [0.1, 0.15) is 40.6 Å². The minimum Gasteiger partial charge on any atom is -0.493 e. The van der Waals surface area contributed by atoms with E-state index in [4.69, 9.17) is 19.3 Å². The molecule has 1 aliphatic rings. The minimum atomic E-state index is -0.321. The van der Waals surface area contributed by atoms with Gasteiger partial charge in [-0.1, -0.05) is 5.16 Å². The summed E-state index contributed by atoms with van der Waals surface area (Å²) in [7, 11) is 1.51. The van der Waals surface area contributed by atoms with Crippen molar-refractivity contribution in [3.05, 3.63) is 65.5 Å². The first-order valence-electron chi connectivity index (χ1n) is 8.80. The second-order valence-corrected chi connectivity index (χ2v) is 6.45. The lowest BCUT2D eigenvalue weighted by Gasteiger charge is -2.11. The van der Waals surface area contributed by atoms with Crippen LogP contribution in [-0.4, -0.2) is 18.2 Å². The fourth-order valence-corrected chi connectivity index (χ4v) is 2.71. The van der Waals surface area contributed by atoms with Crippen LogP contribution in [-0.2, 0) is 0 Å². The molecule has 28 heavy (non-hydrogen) atoms. The predicted octanol–water partition coefficient (Wildman–Crippen LogP) is 4.48. The Balaban J connectivity index is 1.42. The van der Waals surface area contributed by atoms with Crippen LogP contribution in [0.3, 0.4) is 0 Å². The quantitative estimate of drug-likeness (QED) is 0.682. The predicted molar refractivity (Wildman–Crippen MR) is 101 cm³/mol. The molecule has 0 saturated heterocycles. The van der Waals surface area contributed by atoms with Crippen LogP contribution in [0.5, 0.6) is 17.2 Å². The average Bonchev–Trinajstić information content (AvgIpc) is 3.46. The first-order valence-corrected chi connectivity index (χ1v) is 8.80. The zero-order chi connectivity index (χ0) is 19.5. The zero-order valence-corrected chi connectivity index (χ0v) is 15.1. The summed E-state index contributed by atoms with van der Waals surface area (Å²) in [6.07, 6.45) is 2.17. The van der Waals surface area contributed by atoms with Crippen molar-refractivity contribution in [2.75, 3.05) is 12.4 Å². The van der Waals surface area contributed by atoms with Gasteiger partial charge in [0.1, 0.15) is 11.5 Å². The monoisotopic (exact) mass is 375 g/mol. The first-order chi connectivity index (χ1) is 13.7. The molecule has 1 aliphatic carbocycles. The number of nitrogens with one attached hydrogen (secondary N) is 1. The molecular formula is C21H17N3O4. The normalized spacial score (nSPS) is 12.9. The van der Waals surface area contributed by atoms with Gasteiger partial charge in [-0.15, -0.1) is 0 Å². The standard InChI is InChI=1S/C21H17N3O4/c1-26-20-10-13(12-22)2-9-18(20)27-16-7-5-15(6-8-16)23-21(25)17-11-19(28-24-17)14-3-4-14/h2,5-11,14H,3-4H2,1H3,(H,23,25). The number of nitrogens with zero attached hydrogens (tertiary/aromatic N) is 2. The molecule has 1 N–H and O–H groups in total. The number of ether oxygens (including phenoxy) is 2. The maximum Gasteiger partial charge on any atom is 0.277 e. The molecule has 0 unspecified atom stereocenters. The van der Waals surface area contributed by atoms with Crippen molar-refractivity contribution in [3.8, 4) is 23.3 Å².